The van der Waals surface area contributed by atoms with E-state index in [0.717, 1.165) is 36.6 Å². The number of carbonyl (C=O) groups is 1. The lowest BCUT2D eigenvalue weighted by Gasteiger charge is -2.21. The second-order valence-electron chi connectivity index (χ2n) is 5.46. The third kappa shape index (κ3) is 6.48. The Morgan fingerprint density at radius 1 is 1.39 bits per heavy atom. The van der Waals surface area contributed by atoms with Crippen LogP contribution in [0.1, 0.15) is 31.7 Å². The summed E-state index contributed by atoms with van der Waals surface area (Å²) in [4.78, 5) is 18.3. The first-order valence-electron chi connectivity index (χ1n) is 7.96. The largest absolute Gasteiger partial charge is 0.356 e. The zero-order valence-electron chi connectivity index (χ0n) is 14.4. The minimum absolute atomic E-state index is 0.0467. The lowest BCUT2D eigenvalue weighted by molar-refractivity contribution is -0.116. The van der Waals surface area contributed by atoms with Crippen molar-refractivity contribution in [1.82, 2.24) is 10.2 Å². The standard InChI is InChI=1S/C17H27ClN4O/c1-5-6-12-22(4)17(19-3)20-11-10-16(23)21-15-9-7-8-14(18)13(15)2/h7-9H,5-6,10-12H2,1-4H3,(H,19,20)(H,21,23). The molecule has 0 heterocycles. The van der Waals surface area contributed by atoms with Gasteiger partial charge in [0, 0.05) is 44.3 Å². The molecule has 2 N–H and O–H groups in total. The fourth-order valence-electron chi connectivity index (χ4n) is 2.13. The number of halogens is 1. The van der Waals surface area contributed by atoms with Gasteiger partial charge in [-0.25, -0.2) is 0 Å². The van der Waals surface area contributed by atoms with Crippen molar-refractivity contribution in [2.75, 3.05) is 32.5 Å². The zero-order valence-corrected chi connectivity index (χ0v) is 15.2. The summed E-state index contributed by atoms with van der Waals surface area (Å²) in [5, 5.41) is 6.75. The summed E-state index contributed by atoms with van der Waals surface area (Å²) >= 11 is 6.05. The predicted octanol–water partition coefficient (Wildman–Crippen LogP) is 3.28. The number of nitrogens with one attached hydrogen (secondary N) is 2. The van der Waals surface area contributed by atoms with E-state index in [2.05, 4.69) is 27.4 Å². The van der Waals surface area contributed by atoms with Crippen molar-refractivity contribution < 1.29 is 4.79 Å². The van der Waals surface area contributed by atoms with Gasteiger partial charge in [0.2, 0.25) is 5.91 Å². The highest BCUT2D eigenvalue weighted by atomic mass is 35.5. The number of carbonyl (C=O) groups excluding carboxylic acids is 1. The summed E-state index contributed by atoms with van der Waals surface area (Å²) in [5.41, 5.74) is 1.64. The van der Waals surface area contributed by atoms with Gasteiger partial charge >= 0.3 is 0 Å². The molecule has 0 aliphatic carbocycles. The first kappa shape index (κ1) is 19.3. The molecular formula is C17H27ClN4O. The maximum absolute atomic E-state index is 12.0. The van der Waals surface area contributed by atoms with E-state index in [1.165, 1.54) is 0 Å². The molecule has 1 aromatic carbocycles. The lowest BCUT2D eigenvalue weighted by Crippen LogP contribution is -2.40. The summed E-state index contributed by atoms with van der Waals surface area (Å²) in [6, 6.07) is 5.49. The topological polar surface area (TPSA) is 56.7 Å². The quantitative estimate of drug-likeness (QED) is 0.592. The molecule has 1 aromatic rings. The Morgan fingerprint density at radius 2 is 2.13 bits per heavy atom. The van der Waals surface area contributed by atoms with Crippen LogP contribution in [-0.2, 0) is 4.79 Å². The van der Waals surface area contributed by atoms with Crippen molar-refractivity contribution in [3.8, 4) is 0 Å². The maximum Gasteiger partial charge on any atom is 0.226 e. The highest BCUT2D eigenvalue weighted by molar-refractivity contribution is 6.31. The van der Waals surface area contributed by atoms with Gasteiger partial charge in [-0.2, -0.15) is 0 Å². The molecule has 1 amide bonds. The van der Waals surface area contributed by atoms with Crippen LogP contribution in [0.2, 0.25) is 5.02 Å². The summed E-state index contributed by atoms with van der Waals surface area (Å²) in [5.74, 6) is 0.764. The summed E-state index contributed by atoms with van der Waals surface area (Å²) in [6.45, 7) is 5.53. The molecule has 0 saturated heterocycles. The highest BCUT2D eigenvalue weighted by Crippen LogP contribution is 2.22. The Balaban J connectivity index is 2.42. The second-order valence-corrected chi connectivity index (χ2v) is 5.87. The molecule has 0 atom stereocenters. The van der Waals surface area contributed by atoms with E-state index in [1.54, 1.807) is 7.05 Å². The van der Waals surface area contributed by atoms with Crippen molar-refractivity contribution >= 4 is 29.2 Å². The van der Waals surface area contributed by atoms with Gasteiger partial charge in [0.25, 0.3) is 0 Å². The van der Waals surface area contributed by atoms with Crippen molar-refractivity contribution in [2.24, 2.45) is 4.99 Å². The van der Waals surface area contributed by atoms with Gasteiger partial charge in [-0.05, 0) is 31.0 Å². The third-order valence-electron chi connectivity index (χ3n) is 3.60. The van der Waals surface area contributed by atoms with Crippen molar-refractivity contribution in [1.29, 1.82) is 0 Å². The molecule has 0 aliphatic heterocycles. The molecule has 6 heteroatoms. The molecule has 128 valence electrons. The van der Waals surface area contributed by atoms with E-state index in [4.69, 9.17) is 11.6 Å². The van der Waals surface area contributed by atoms with E-state index < -0.39 is 0 Å². The van der Waals surface area contributed by atoms with Crippen molar-refractivity contribution in [3.63, 3.8) is 0 Å². The summed E-state index contributed by atoms with van der Waals surface area (Å²) in [7, 11) is 3.75. The number of amides is 1. The molecule has 0 radical (unpaired) electrons. The van der Waals surface area contributed by atoms with Gasteiger partial charge in [-0.15, -0.1) is 0 Å². The molecule has 1 rings (SSSR count). The molecule has 0 saturated carbocycles. The molecule has 0 aromatic heterocycles. The Labute approximate surface area is 144 Å². The molecule has 0 spiro atoms. The van der Waals surface area contributed by atoms with E-state index in [9.17, 15) is 4.79 Å². The molecule has 5 nitrogen and oxygen atoms in total. The molecule has 0 aliphatic rings. The van der Waals surface area contributed by atoms with Crippen LogP contribution < -0.4 is 10.6 Å². The fraction of sp³-hybridized carbons (Fsp3) is 0.529. The Bertz CT molecular complexity index is 545. The lowest BCUT2D eigenvalue weighted by atomic mass is 10.2. The summed E-state index contributed by atoms with van der Waals surface area (Å²) < 4.78 is 0. The van der Waals surface area contributed by atoms with Gasteiger partial charge in [0.05, 0.1) is 0 Å². The van der Waals surface area contributed by atoms with E-state index >= 15 is 0 Å². The third-order valence-corrected chi connectivity index (χ3v) is 4.01. The minimum atomic E-state index is -0.0467. The zero-order chi connectivity index (χ0) is 17.2. The van der Waals surface area contributed by atoms with Crippen LogP contribution in [0.15, 0.2) is 23.2 Å². The van der Waals surface area contributed by atoms with E-state index in [1.807, 2.05) is 32.2 Å². The molecular weight excluding hydrogens is 312 g/mol. The van der Waals surface area contributed by atoms with Crippen LogP contribution in [-0.4, -0.2) is 44.0 Å². The number of guanidine groups is 1. The number of rotatable bonds is 7. The average molecular weight is 339 g/mol. The Morgan fingerprint density at radius 3 is 2.78 bits per heavy atom. The maximum atomic E-state index is 12.0. The van der Waals surface area contributed by atoms with Gasteiger partial charge in [0.1, 0.15) is 0 Å². The molecule has 0 fully saturated rings. The predicted molar refractivity (Wildman–Crippen MR) is 98.3 cm³/mol. The van der Waals surface area contributed by atoms with Crippen LogP contribution in [0.4, 0.5) is 5.69 Å². The van der Waals surface area contributed by atoms with Crippen molar-refractivity contribution in [2.45, 2.75) is 33.1 Å². The minimum Gasteiger partial charge on any atom is -0.356 e. The SMILES string of the molecule is CCCCN(C)C(=NC)NCCC(=O)Nc1cccc(Cl)c1C. The molecule has 23 heavy (non-hydrogen) atoms. The number of anilines is 1. The van der Waals surface area contributed by atoms with E-state index in [0.29, 0.717) is 18.0 Å². The van der Waals surface area contributed by atoms with Gasteiger partial charge in [-0.1, -0.05) is 31.0 Å². The fourth-order valence-corrected chi connectivity index (χ4v) is 2.30. The number of hydrogen-bond acceptors (Lipinski definition) is 2. The number of benzene rings is 1. The van der Waals surface area contributed by atoms with Crippen molar-refractivity contribution in [3.05, 3.63) is 28.8 Å². The van der Waals surface area contributed by atoms with Crippen LogP contribution in [0.5, 0.6) is 0 Å². The van der Waals surface area contributed by atoms with E-state index in [-0.39, 0.29) is 5.91 Å². The molecule has 0 bridgehead atoms. The normalized spacial score (nSPS) is 11.3. The van der Waals surface area contributed by atoms with Crippen LogP contribution >= 0.6 is 11.6 Å². The van der Waals surface area contributed by atoms with Crippen LogP contribution in [0.3, 0.4) is 0 Å². The highest BCUT2D eigenvalue weighted by Gasteiger charge is 2.08. The first-order chi connectivity index (χ1) is 11.0. The number of nitrogens with zero attached hydrogens (tertiary/aromatic N) is 2. The monoisotopic (exact) mass is 338 g/mol. The number of unbranched alkanes of at least 4 members (excludes halogenated alkanes) is 1. The average Bonchev–Trinajstić information content (AvgIpc) is 2.53. The second kappa shape index (κ2) is 10.1. The summed E-state index contributed by atoms with van der Waals surface area (Å²) in [6.07, 6.45) is 2.63. The Kier molecular flexibility index (Phi) is 8.48. The van der Waals surface area contributed by atoms with Gasteiger partial charge < -0.3 is 15.5 Å². The van der Waals surface area contributed by atoms with Crippen LogP contribution in [0.25, 0.3) is 0 Å². The number of aliphatic imine (C=N–C) groups is 1. The Hall–Kier alpha value is -1.75. The number of hydrogen-bond donors (Lipinski definition) is 2. The molecule has 0 unspecified atom stereocenters. The first-order valence-corrected chi connectivity index (χ1v) is 8.34. The van der Waals surface area contributed by atoms with Gasteiger partial charge in [0.15, 0.2) is 5.96 Å². The van der Waals surface area contributed by atoms with Gasteiger partial charge in [-0.3, -0.25) is 9.79 Å². The smallest absolute Gasteiger partial charge is 0.226 e. The van der Waals surface area contributed by atoms with Crippen LogP contribution in [0, 0.1) is 6.92 Å².